The highest BCUT2D eigenvalue weighted by Gasteiger charge is 2.18. The highest BCUT2D eigenvalue weighted by Crippen LogP contribution is 2.35. The minimum absolute atomic E-state index is 0.411. The van der Waals surface area contributed by atoms with Crippen LogP contribution in [0.15, 0.2) is 72.8 Å². The summed E-state index contributed by atoms with van der Waals surface area (Å²) in [5.41, 5.74) is 8.48. The van der Waals surface area contributed by atoms with E-state index in [2.05, 4.69) is 100 Å². The maximum absolute atomic E-state index is 2.32. The van der Waals surface area contributed by atoms with E-state index in [0.29, 0.717) is 11.8 Å². The molecule has 0 radical (unpaired) electrons. The van der Waals surface area contributed by atoms with E-state index in [-0.39, 0.29) is 0 Å². The molecule has 2 unspecified atom stereocenters. The highest BCUT2D eigenvalue weighted by molar-refractivity contribution is 5.48. The first-order valence-electron chi connectivity index (χ1n) is 8.79. The summed E-state index contributed by atoms with van der Waals surface area (Å²) >= 11 is 0. The Kier molecular flexibility index (Phi) is 4.85. The van der Waals surface area contributed by atoms with E-state index in [1.54, 1.807) is 0 Å². The molecule has 0 amide bonds. The van der Waals surface area contributed by atoms with Crippen molar-refractivity contribution in [2.24, 2.45) is 0 Å². The summed E-state index contributed by atoms with van der Waals surface area (Å²) < 4.78 is 0. The summed E-state index contributed by atoms with van der Waals surface area (Å²) in [5, 5.41) is 0. The Morgan fingerprint density at radius 3 is 1.62 bits per heavy atom. The van der Waals surface area contributed by atoms with Crippen LogP contribution in [-0.2, 0) is 0 Å². The first-order valence-corrected chi connectivity index (χ1v) is 8.79. The third kappa shape index (κ3) is 3.14. The van der Waals surface area contributed by atoms with Gasteiger partial charge in [0.15, 0.2) is 0 Å². The van der Waals surface area contributed by atoms with Crippen molar-refractivity contribution < 1.29 is 0 Å². The van der Waals surface area contributed by atoms with Crippen LogP contribution in [0, 0.1) is 13.8 Å². The SMILES string of the molecule is Cc1ccc(C(C)c2ccccc2)c(C)c1C(C)c1ccccc1. The van der Waals surface area contributed by atoms with Crippen LogP contribution in [0.25, 0.3) is 0 Å². The molecule has 0 aliphatic heterocycles. The molecule has 0 heterocycles. The lowest BCUT2D eigenvalue weighted by Crippen LogP contribution is -2.07. The Morgan fingerprint density at radius 2 is 1.08 bits per heavy atom. The topological polar surface area (TPSA) is 0 Å². The zero-order valence-corrected chi connectivity index (χ0v) is 15.1. The van der Waals surface area contributed by atoms with E-state index >= 15 is 0 Å². The molecule has 0 N–H and O–H groups in total. The molecule has 24 heavy (non-hydrogen) atoms. The molecule has 3 aromatic rings. The third-order valence-electron chi connectivity index (χ3n) is 5.27. The molecule has 0 bridgehead atoms. The second-order valence-corrected chi connectivity index (χ2v) is 6.78. The summed E-state index contributed by atoms with van der Waals surface area (Å²) in [4.78, 5) is 0. The molecule has 3 rings (SSSR count). The molecule has 122 valence electrons. The molecule has 2 atom stereocenters. The molecule has 0 aliphatic carbocycles. The van der Waals surface area contributed by atoms with Crippen molar-refractivity contribution in [3.8, 4) is 0 Å². The smallest absolute Gasteiger partial charge is 0.00663 e. The van der Waals surface area contributed by atoms with E-state index in [0.717, 1.165) is 0 Å². The fourth-order valence-corrected chi connectivity index (χ4v) is 3.85. The van der Waals surface area contributed by atoms with Crippen LogP contribution in [0.5, 0.6) is 0 Å². The maximum Gasteiger partial charge on any atom is 0.00663 e. The molecule has 0 aromatic heterocycles. The number of hydrogen-bond donors (Lipinski definition) is 0. The number of rotatable bonds is 4. The molecule has 0 saturated carbocycles. The predicted octanol–water partition coefficient (Wildman–Crippen LogP) is 6.61. The van der Waals surface area contributed by atoms with Crippen LogP contribution in [-0.4, -0.2) is 0 Å². The maximum atomic E-state index is 2.32. The van der Waals surface area contributed by atoms with Gasteiger partial charge in [-0.1, -0.05) is 86.6 Å². The molecular weight excluding hydrogens is 288 g/mol. The van der Waals surface area contributed by atoms with Gasteiger partial charge in [0.25, 0.3) is 0 Å². The van der Waals surface area contributed by atoms with Gasteiger partial charge < -0.3 is 0 Å². The van der Waals surface area contributed by atoms with Gasteiger partial charge in [0.05, 0.1) is 0 Å². The van der Waals surface area contributed by atoms with Crippen LogP contribution in [0.4, 0.5) is 0 Å². The van der Waals surface area contributed by atoms with Gasteiger partial charge in [-0.15, -0.1) is 0 Å². The molecular formula is C24H26. The molecule has 3 aromatic carbocycles. The molecule has 0 aliphatic rings. The van der Waals surface area contributed by atoms with Crippen molar-refractivity contribution in [2.75, 3.05) is 0 Å². The second kappa shape index (κ2) is 7.05. The molecule has 0 saturated heterocycles. The van der Waals surface area contributed by atoms with Crippen molar-refractivity contribution >= 4 is 0 Å². The average molecular weight is 314 g/mol. The van der Waals surface area contributed by atoms with E-state index < -0.39 is 0 Å². The van der Waals surface area contributed by atoms with Crippen molar-refractivity contribution in [3.05, 3.63) is 106 Å². The van der Waals surface area contributed by atoms with Gasteiger partial charge in [-0.05, 0) is 47.2 Å². The lowest BCUT2D eigenvalue weighted by atomic mass is 9.81. The molecule has 0 fully saturated rings. The Balaban J connectivity index is 2.06. The Morgan fingerprint density at radius 1 is 0.583 bits per heavy atom. The van der Waals surface area contributed by atoms with E-state index in [1.165, 1.54) is 33.4 Å². The fourth-order valence-electron chi connectivity index (χ4n) is 3.85. The van der Waals surface area contributed by atoms with Gasteiger partial charge in [0.2, 0.25) is 0 Å². The van der Waals surface area contributed by atoms with Gasteiger partial charge in [0, 0.05) is 11.8 Å². The summed E-state index contributed by atoms with van der Waals surface area (Å²) in [6, 6.07) is 26.2. The zero-order valence-electron chi connectivity index (χ0n) is 15.1. The van der Waals surface area contributed by atoms with Gasteiger partial charge in [-0.2, -0.15) is 0 Å². The van der Waals surface area contributed by atoms with Crippen LogP contribution in [0.3, 0.4) is 0 Å². The highest BCUT2D eigenvalue weighted by atomic mass is 14.2. The van der Waals surface area contributed by atoms with Crippen molar-refractivity contribution in [1.29, 1.82) is 0 Å². The van der Waals surface area contributed by atoms with Gasteiger partial charge in [0.1, 0.15) is 0 Å². The minimum atomic E-state index is 0.411. The quantitative estimate of drug-likeness (QED) is 0.508. The normalized spacial score (nSPS) is 13.5. The standard InChI is InChI=1S/C24H26/c1-17-15-16-23(18(2)21-11-7-5-8-12-21)20(4)24(17)19(3)22-13-9-6-10-14-22/h5-16,18-19H,1-4H3. The number of aryl methyl sites for hydroxylation is 1. The zero-order chi connectivity index (χ0) is 17.1. The molecule has 0 spiro atoms. The molecule has 0 heteroatoms. The lowest BCUT2D eigenvalue weighted by Gasteiger charge is -2.23. The van der Waals surface area contributed by atoms with Crippen molar-refractivity contribution in [1.82, 2.24) is 0 Å². The fraction of sp³-hybridized carbons (Fsp3) is 0.250. The lowest BCUT2D eigenvalue weighted by molar-refractivity contribution is 0.859. The first kappa shape index (κ1) is 16.5. The Hall–Kier alpha value is -2.34. The number of benzene rings is 3. The Bertz CT molecular complexity index is 800. The van der Waals surface area contributed by atoms with Crippen LogP contribution in [0.2, 0.25) is 0 Å². The predicted molar refractivity (Wildman–Crippen MR) is 104 cm³/mol. The minimum Gasteiger partial charge on any atom is -0.0622 e. The third-order valence-corrected chi connectivity index (χ3v) is 5.27. The Labute approximate surface area is 146 Å². The monoisotopic (exact) mass is 314 g/mol. The van der Waals surface area contributed by atoms with Crippen LogP contribution in [0.1, 0.15) is 59.1 Å². The van der Waals surface area contributed by atoms with Gasteiger partial charge in [-0.3, -0.25) is 0 Å². The van der Waals surface area contributed by atoms with Crippen LogP contribution < -0.4 is 0 Å². The summed E-state index contributed by atoms with van der Waals surface area (Å²) in [6.07, 6.45) is 0. The van der Waals surface area contributed by atoms with Crippen molar-refractivity contribution in [2.45, 2.75) is 39.5 Å². The number of hydrogen-bond acceptors (Lipinski definition) is 0. The van der Waals surface area contributed by atoms with Crippen LogP contribution >= 0.6 is 0 Å². The summed E-state index contributed by atoms with van der Waals surface area (Å²) in [6.45, 7) is 9.15. The first-order chi connectivity index (χ1) is 11.6. The molecule has 0 nitrogen and oxygen atoms in total. The summed E-state index contributed by atoms with van der Waals surface area (Å²) in [5.74, 6) is 0.822. The average Bonchev–Trinajstić information content (AvgIpc) is 2.63. The second-order valence-electron chi connectivity index (χ2n) is 6.78. The largest absolute Gasteiger partial charge is 0.0622 e. The van der Waals surface area contributed by atoms with Gasteiger partial charge in [-0.25, -0.2) is 0 Å². The van der Waals surface area contributed by atoms with E-state index in [9.17, 15) is 0 Å². The summed E-state index contributed by atoms with van der Waals surface area (Å²) in [7, 11) is 0. The van der Waals surface area contributed by atoms with Gasteiger partial charge >= 0.3 is 0 Å². The van der Waals surface area contributed by atoms with Crippen molar-refractivity contribution in [3.63, 3.8) is 0 Å². The van der Waals surface area contributed by atoms with E-state index in [1.807, 2.05) is 0 Å². The van der Waals surface area contributed by atoms with E-state index in [4.69, 9.17) is 0 Å².